The number of carbonyl (C=O) groups is 2. The fraction of sp³-hybridized carbons (Fsp3) is 0.391. The quantitative estimate of drug-likeness (QED) is 0.835. The summed E-state index contributed by atoms with van der Waals surface area (Å²) in [5, 5.41) is 0. The molecule has 1 aliphatic rings. The summed E-state index contributed by atoms with van der Waals surface area (Å²) in [5.74, 6) is 0.591. The lowest BCUT2D eigenvalue weighted by molar-refractivity contribution is -0.139. The number of nitrogens with two attached hydrogens (primary N) is 1. The fourth-order valence-corrected chi connectivity index (χ4v) is 3.99. The van der Waals surface area contributed by atoms with Crippen LogP contribution in [0.15, 0.2) is 48.5 Å². The van der Waals surface area contributed by atoms with E-state index in [-0.39, 0.29) is 11.8 Å². The summed E-state index contributed by atoms with van der Waals surface area (Å²) >= 11 is 0. The van der Waals surface area contributed by atoms with Crippen molar-refractivity contribution in [3.05, 3.63) is 54.1 Å². The number of piperidine rings is 1. The lowest BCUT2D eigenvalue weighted by Gasteiger charge is -2.41. The zero-order valence-corrected chi connectivity index (χ0v) is 16.6. The molecule has 1 heterocycles. The zero-order chi connectivity index (χ0) is 20.1. The number of benzene rings is 2. The van der Waals surface area contributed by atoms with Crippen LogP contribution < -0.4 is 10.5 Å². The first-order valence-corrected chi connectivity index (χ1v) is 9.78. The second-order valence-corrected chi connectivity index (χ2v) is 7.52. The molecule has 148 valence electrons. The summed E-state index contributed by atoms with van der Waals surface area (Å²) in [7, 11) is 1.65. The third-order valence-electron chi connectivity index (χ3n) is 5.67. The van der Waals surface area contributed by atoms with Crippen molar-refractivity contribution >= 4 is 11.8 Å². The third-order valence-corrected chi connectivity index (χ3v) is 5.67. The average Bonchev–Trinajstić information content (AvgIpc) is 2.74. The van der Waals surface area contributed by atoms with Gasteiger partial charge >= 0.3 is 0 Å². The van der Waals surface area contributed by atoms with Crippen LogP contribution >= 0.6 is 0 Å². The van der Waals surface area contributed by atoms with Gasteiger partial charge in [0.1, 0.15) is 5.75 Å². The van der Waals surface area contributed by atoms with E-state index in [0.29, 0.717) is 25.9 Å². The minimum atomic E-state index is -0.690. The third kappa shape index (κ3) is 4.19. The Morgan fingerprint density at radius 1 is 1.07 bits per heavy atom. The van der Waals surface area contributed by atoms with Gasteiger partial charge in [-0.15, -0.1) is 0 Å². The Morgan fingerprint density at radius 2 is 1.68 bits per heavy atom. The summed E-state index contributed by atoms with van der Waals surface area (Å²) in [4.78, 5) is 26.3. The highest BCUT2D eigenvalue weighted by atomic mass is 16.5. The highest BCUT2D eigenvalue weighted by molar-refractivity contribution is 5.83. The van der Waals surface area contributed by atoms with Gasteiger partial charge in [0.2, 0.25) is 11.8 Å². The van der Waals surface area contributed by atoms with Crippen LogP contribution in [-0.2, 0) is 16.0 Å². The first-order valence-electron chi connectivity index (χ1n) is 9.78. The van der Waals surface area contributed by atoms with Crippen LogP contribution in [0, 0.1) is 5.41 Å². The molecule has 3 rings (SSSR count). The van der Waals surface area contributed by atoms with Crippen molar-refractivity contribution in [3.8, 4) is 16.9 Å². The van der Waals surface area contributed by atoms with Crippen LogP contribution in [0.4, 0.5) is 0 Å². The van der Waals surface area contributed by atoms with E-state index in [2.05, 4.69) is 12.1 Å². The monoisotopic (exact) mass is 380 g/mol. The molecule has 2 amide bonds. The Hall–Kier alpha value is -2.82. The molecule has 2 aromatic carbocycles. The van der Waals surface area contributed by atoms with Crippen molar-refractivity contribution in [3.63, 3.8) is 0 Å². The maximum absolute atomic E-state index is 12.4. The Morgan fingerprint density at radius 3 is 2.21 bits per heavy atom. The zero-order valence-electron chi connectivity index (χ0n) is 16.6. The molecule has 2 aromatic rings. The van der Waals surface area contributed by atoms with Crippen molar-refractivity contribution in [2.45, 2.75) is 32.6 Å². The van der Waals surface area contributed by atoms with Crippen LogP contribution in [-0.4, -0.2) is 36.9 Å². The van der Waals surface area contributed by atoms with E-state index in [9.17, 15) is 9.59 Å². The topological polar surface area (TPSA) is 72.6 Å². The summed E-state index contributed by atoms with van der Waals surface area (Å²) < 4.78 is 5.20. The largest absolute Gasteiger partial charge is 0.497 e. The van der Waals surface area contributed by atoms with Crippen LogP contribution in [0.1, 0.15) is 31.7 Å². The van der Waals surface area contributed by atoms with Crippen molar-refractivity contribution in [2.75, 3.05) is 20.2 Å². The molecule has 0 saturated carbocycles. The van der Waals surface area contributed by atoms with Gasteiger partial charge in [0.25, 0.3) is 0 Å². The molecule has 5 heteroatoms. The van der Waals surface area contributed by atoms with E-state index < -0.39 is 5.41 Å². The van der Waals surface area contributed by atoms with Gasteiger partial charge in [-0.05, 0) is 48.1 Å². The number of rotatable bonds is 6. The second-order valence-electron chi connectivity index (χ2n) is 7.52. The number of hydrogen-bond donors (Lipinski definition) is 1. The van der Waals surface area contributed by atoms with Crippen molar-refractivity contribution < 1.29 is 14.3 Å². The molecule has 1 atom stereocenters. The Bertz CT molecular complexity index is 830. The van der Waals surface area contributed by atoms with Crippen molar-refractivity contribution in [1.82, 2.24) is 4.90 Å². The maximum Gasteiger partial charge on any atom is 0.225 e. The summed E-state index contributed by atoms with van der Waals surface area (Å²) in [6.07, 6.45) is 2.53. The number of primary amides is 1. The van der Waals surface area contributed by atoms with E-state index in [1.165, 1.54) is 0 Å². The lowest BCUT2D eigenvalue weighted by atomic mass is 9.74. The van der Waals surface area contributed by atoms with Gasteiger partial charge < -0.3 is 15.4 Å². The molecule has 28 heavy (non-hydrogen) atoms. The van der Waals surface area contributed by atoms with E-state index in [1.807, 2.05) is 43.3 Å². The smallest absolute Gasteiger partial charge is 0.225 e. The maximum atomic E-state index is 12.4. The van der Waals surface area contributed by atoms with E-state index in [4.69, 9.17) is 10.5 Å². The van der Waals surface area contributed by atoms with Gasteiger partial charge in [-0.1, -0.05) is 43.3 Å². The van der Waals surface area contributed by atoms with Crippen LogP contribution in [0.2, 0.25) is 0 Å². The van der Waals surface area contributed by atoms with E-state index >= 15 is 0 Å². The molecular formula is C23H28N2O3. The summed E-state index contributed by atoms with van der Waals surface area (Å²) in [5.41, 5.74) is 8.39. The highest BCUT2D eigenvalue weighted by Crippen LogP contribution is 2.34. The first-order chi connectivity index (χ1) is 13.5. The number of likely N-dealkylation sites (tertiary alicyclic amines) is 1. The van der Waals surface area contributed by atoms with E-state index in [0.717, 1.165) is 35.3 Å². The minimum absolute atomic E-state index is 0.0835. The standard InChI is InChI=1S/C23H28N2O3/c1-3-21(26)25-14-4-13-23(16-25,22(24)27)15-17-5-7-18(8-6-17)19-9-11-20(28-2)12-10-19/h5-12H,3-4,13-16H2,1-2H3,(H2,24,27). The van der Waals surface area contributed by atoms with Gasteiger partial charge in [0.15, 0.2) is 0 Å². The molecule has 0 bridgehead atoms. The Balaban J connectivity index is 1.78. The first kappa shape index (κ1) is 19.9. The number of nitrogens with zero attached hydrogens (tertiary/aromatic N) is 1. The summed E-state index contributed by atoms with van der Waals surface area (Å²) in [6.45, 7) is 2.97. The predicted octanol–water partition coefficient (Wildman–Crippen LogP) is 3.41. The molecular weight excluding hydrogens is 352 g/mol. The normalized spacial score (nSPS) is 19.3. The SMILES string of the molecule is CCC(=O)N1CCCC(Cc2ccc(-c3ccc(OC)cc3)cc2)(C(N)=O)C1. The molecule has 1 aliphatic heterocycles. The van der Waals surface area contributed by atoms with Gasteiger partial charge in [-0.25, -0.2) is 0 Å². The second kappa shape index (κ2) is 8.46. The average molecular weight is 380 g/mol. The number of hydrogen-bond acceptors (Lipinski definition) is 3. The molecule has 5 nitrogen and oxygen atoms in total. The minimum Gasteiger partial charge on any atom is -0.497 e. The van der Waals surface area contributed by atoms with Gasteiger partial charge in [-0.2, -0.15) is 0 Å². The predicted molar refractivity (Wildman–Crippen MR) is 110 cm³/mol. The highest BCUT2D eigenvalue weighted by Gasteiger charge is 2.41. The fourth-order valence-electron chi connectivity index (χ4n) is 3.99. The lowest BCUT2D eigenvalue weighted by Crippen LogP contribution is -2.53. The number of amides is 2. The van der Waals surface area contributed by atoms with Gasteiger partial charge in [0.05, 0.1) is 12.5 Å². The Labute approximate surface area is 166 Å². The van der Waals surface area contributed by atoms with Gasteiger partial charge in [-0.3, -0.25) is 9.59 Å². The van der Waals surface area contributed by atoms with Gasteiger partial charge in [0, 0.05) is 19.5 Å². The van der Waals surface area contributed by atoms with Crippen molar-refractivity contribution in [2.24, 2.45) is 11.1 Å². The molecule has 1 unspecified atom stereocenters. The molecule has 1 saturated heterocycles. The molecule has 2 N–H and O–H groups in total. The van der Waals surface area contributed by atoms with Crippen LogP contribution in [0.3, 0.4) is 0 Å². The molecule has 0 spiro atoms. The van der Waals surface area contributed by atoms with E-state index in [1.54, 1.807) is 12.0 Å². The molecule has 1 fully saturated rings. The molecule has 0 aliphatic carbocycles. The number of ether oxygens (including phenoxy) is 1. The van der Waals surface area contributed by atoms with Crippen LogP contribution in [0.5, 0.6) is 5.75 Å². The Kier molecular flexibility index (Phi) is 6.02. The van der Waals surface area contributed by atoms with Crippen molar-refractivity contribution in [1.29, 1.82) is 0 Å². The number of carbonyl (C=O) groups excluding carboxylic acids is 2. The molecule has 0 aromatic heterocycles. The van der Waals surface area contributed by atoms with Crippen LogP contribution in [0.25, 0.3) is 11.1 Å². The number of methoxy groups -OCH3 is 1. The summed E-state index contributed by atoms with van der Waals surface area (Å²) in [6, 6.07) is 16.1. The molecule has 0 radical (unpaired) electrons.